The van der Waals surface area contributed by atoms with E-state index < -0.39 is 0 Å². The molecule has 6 nitrogen and oxygen atoms in total. The van der Waals surface area contributed by atoms with Gasteiger partial charge in [-0.2, -0.15) is 0 Å². The number of nitrogens with zero attached hydrogens (tertiary/aromatic N) is 1. The van der Waals surface area contributed by atoms with Crippen molar-refractivity contribution in [2.24, 2.45) is 0 Å². The van der Waals surface area contributed by atoms with Gasteiger partial charge >= 0.3 is 0 Å². The van der Waals surface area contributed by atoms with Gasteiger partial charge in [0.1, 0.15) is 6.17 Å². The molecule has 0 fully saturated rings. The smallest absolute Gasteiger partial charge is 0.256 e. The number of benzene rings is 3. The molecule has 0 aliphatic carbocycles. The lowest BCUT2D eigenvalue weighted by Crippen LogP contribution is -2.34. The number of fused-ring (bicyclic) bond motifs is 1. The van der Waals surface area contributed by atoms with E-state index in [9.17, 15) is 9.59 Å². The maximum atomic E-state index is 13.0. The second kappa shape index (κ2) is 12.4. The number of hydrogen-bond acceptors (Lipinski definition) is 4. The number of anilines is 1. The normalized spacial score (nSPS) is 15.4. The summed E-state index contributed by atoms with van der Waals surface area (Å²) < 4.78 is 5.46. The van der Waals surface area contributed by atoms with Gasteiger partial charge in [0.25, 0.3) is 11.8 Å². The van der Waals surface area contributed by atoms with E-state index >= 15 is 0 Å². The third kappa shape index (κ3) is 6.32. The van der Waals surface area contributed by atoms with Crippen LogP contribution in [0, 0.1) is 0 Å². The van der Waals surface area contributed by atoms with Gasteiger partial charge in [0.05, 0.1) is 0 Å². The van der Waals surface area contributed by atoms with Gasteiger partial charge in [-0.25, -0.2) is 0 Å². The van der Waals surface area contributed by atoms with E-state index in [4.69, 9.17) is 4.74 Å². The molecule has 2 unspecified atom stereocenters. The lowest BCUT2D eigenvalue weighted by atomic mass is 10.1. The largest absolute Gasteiger partial charge is 0.382 e. The standard InChI is InChI=1S/C30H35N3O3/c1-3-36-21-9-20-33-28(26-12-7-8-13-27(26)30(33)35)32-25-18-16-24(17-19-25)29(34)31-22(2)14-15-23-10-5-4-6-11-23/h4-8,10-13,16-19,22,28,32H,3,9,14-15,20-21H2,1-2H3,(H,31,34). The SMILES string of the molecule is CCOCCCN1C(=O)c2ccccc2C1Nc1ccc(C(=O)NC(C)CCc2ccccc2)cc1. The van der Waals surface area contributed by atoms with Gasteiger partial charge in [0, 0.05) is 48.2 Å². The van der Waals surface area contributed by atoms with Crippen molar-refractivity contribution in [1.29, 1.82) is 0 Å². The summed E-state index contributed by atoms with van der Waals surface area (Å²) in [6.45, 7) is 5.90. The molecule has 0 bridgehead atoms. The van der Waals surface area contributed by atoms with E-state index in [2.05, 4.69) is 22.8 Å². The van der Waals surface area contributed by atoms with Crippen molar-refractivity contribution in [1.82, 2.24) is 10.2 Å². The minimum Gasteiger partial charge on any atom is -0.382 e. The van der Waals surface area contributed by atoms with Crippen molar-refractivity contribution in [3.05, 3.63) is 101 Å². The van der Waals surface area contributed by atoms with Gasteiger partial charge in [-0.15, -0.1) is 0 Å². The first-order valence-electron chi connectivity index (χ1n) is 12.8. The highest BCUT2D eigenvalue weighted by molar-refractivity contribution is 5.99. The zero-order chi connectivity index (χ0) is 25.3. The highest BCUT2D eigenvalue weighted by Gasteiger charge is 2.36. The fraction of sp³-hybridized carbons (Fsp3) is 0.333. The number of ether oxygens (including phenoxy) is 1. The molecule has 0 spiro atoms. The predicted octanol–water partition coefficient (Wildman–Crippen LogP) is 5.43. The molecule has 0 aromatic heterocycles. The van der Waals surface area contributed by atoms with E-state index in [1.165, 1.54) is 5.56 Å². The summed E-state index contributed by atoms with van der Waals surface area (Å²) >= 11 is 0. The topological polar surface area (TPSA) is 70.7 Å². The van der Waals surface area contributed by atoms with Crippen LogP contribution < -0.4 is 10.6 Å². The molecule has 3 aromatic rings. The van der Waals surface area contributed by atoms with Gasteiger partial charge < -0.3 is 20.3 Å². The summed E-state index contributed by atoms with van der Waals surface area (Å²) in [6.07, 6.45) is 2.32. The second-order valence-electron chi connectivity index (χ2n) is 9.16. The average Bonchev–Trinajstić information content (AvgIpc) is 3.17. The van der Waals surface area contributed by atoms with Crippen LogP contribution in [0.5, 0.6) is 0 Å². The van der Waals surface area contributed by atoms with Crippen molar-refractivity contribution >= 4 is 17.5 Å². The van der Waals surface area contributed by atoms with Crippen LogP contribution in [0.25, 0.3) is 0 Å². The Bertz CT molecular complexity index is 1150. The van der Waals surface area contributed by atoms with E-state index in [0.717, 1.165) is 36.1 Å². The van der Waals surface area contributed by atoms with Crippen LogP contribution in [-0.2, 0) is 11.2 Å². The number of amides is 2. The zero-order valence-electron chi connectivity index (χ0n) is 21.1. The molecule has 1 aliphatic heterocycles. The number of hydrogen-bond donors (Lipinski definition) is 2. The van der Waals surface area contributed by atoms with E-state index in [0.29, 0.717) is 25.3 Å². The summed E-state index contributed by atoms with van der Waals surface area (Å²) in [7, 11) is 0. The van der Waals surface area contributed by atoms with Gasteiger partial charge in [0.15, 0.2) is 0 Å². The summed E-state index contributed by atoms with van der Waals surface area (Å²) in [5.41, 5.74) is 4.43. The molecule has 1 aliphatic rings. The maximum Gasteiger partial charge on any atom is 0.256 e. The third-order valence-corrected chi connectivity index (χ3v) is 6.49. The molecule has 3 aromatic carbocycles. The van der Waals surface area contributed by atoms with Gasteiger partial charge in [0.2, 0.25) is 0 Å². The van der Waals surface area contributed by atoms with E-state index in [1.807, 2.05) is 85.5 Å². The molecule has 1 heterocycles. The molecule has 0 radical (unpaired) electrons. The Balaban J connectivity index is 1.37. The van der Waals surface area contributed by atoms with Gasteiger partial charge in [-0.1, -0.05) is 48.5 Å². The molecular formula is C30H35N3O3. The lowest BCUT2D eigenvalue weighted by Gasteiger charge is -2.27. The number of aryl methyl sites for hydroxylation is 1. The van der Waals surface area contributed by atoms with Crippen molar-refractivity contribution < 1.29 is 14.3 Å². The molecule has 2 atom stereocenters. The highest BCUT2D eigenvalue weighted by Crippen LogP contribution is 2.34. The van der Waals surface area contributed by atoms with Gasteiger partial charge in [-0.05, 0) is 69.0 Å². The fourth-order valence-corrected chi connectivity index (χ4v) is 4.52. The Hall–Kier alpha value is -3.64. The van der Waals surface area contributed by atoms with Crippen LogP contribution in [0.1, 0.15) is 64.7 Å². The Kier molecular flexibility index (Phi) is 8.74. The van der Waals surface area contributed by atoms with Crippen LogP contribution in [0.4, 0.5) is 5.69 Å². The van der Waals surface area contributed by atoms with Crippen molar-refractivity contribution in [2.75, 3.05) is 25.1 Å². The number of nitrogens with one attached hydrogen (secondary N) is 2. The van der Waals surface area contributed by atoms with Gasteiger partial charge in [-0.3, -0.25) is 9.59 Å². The monoisotopic (exact) mass is 485 g/mol. The summed E-state index contributed by atoms with van der Waals surface area (Å²) in [5.74, 6) is -0.0545. The van der Waals surface area contributed by atoms with Crippen LogP contribution in [0.2, 0.25) is 0 Å². The predicted molar refractivity (Wildman–Crippen MR) is 143 cm³/mol. The van der Waals surface area contributed by atoms with Crippen molar-refractivity contribution in [3.8, 4) is 0 Å². The van der Waals surface area contributed by atoms with E-state index in [-0.39, 0.29) is 24.0 Å². The minimum absolute atomic E-state index is 0.0279. The zero-order valence-corrected chi connectivity index (χ0v) is 21.1. The second-order valence-corrected chi connectivity index (χ2v) is 9.16. The quantitative estimate of drug-likeness (QED) is 0.336. The fourth-order valence-electron chi connectivity index (χ4n) is 4.52. The first-order chi connectivity index (χ1) is 17.6. The molecule has 0 saturated carbocycles. The van der Waals surface area contributed by atoms with Crippen LogP contribution in [0.3, 0.4) is 0 Å². The number of carbonyl (C=O) groups excluding carboxylic acids is 2. The molecular weight excluding hydrogens is 450 g/mol. The molecule has 188 valence electrons. The Morgan fingerprint density at radius 1 is 1.00 bits per heavy atom. The maximum absolute atomic E-state index is 13.0. The van der Waals surface area contributed by atoms with Crippen LogP contribution >= 0.6 is 0 Å². The Morgan fingerprint density at radius 2 is 1.72 bits per heavy atom. The Morgan fingerprint density at radius 3 is 2.47 bits per heavy atom. The summed E-state index contributed by atoms with van der Waals surface area (Å²) in [5, 5.41) is 6.59. The average molecular weight is 486 g/mol. The molecule has 2 amide bonds. The highest BCUT2D eigenvalue weighted by atomic mass is 16.5. The summed E-state index contributed by atoms with van der Waals surface area (Å²) in [4.78, 5) is 27.7. The van der Waals surface area contributed by atoms with Crippen molar-refractivity contribution in [3.63, 3.8) is 0 Å². The van der Waals surface area contributed by atoms with Crippen molar-refractivity contribution in [2.45, 2.75) is 45.3 Å². The first kappa shape index (κ1) is 25.5. The summed E-state index contributed by atoms with van der Waals surface area (Å²) in [6, 6.07) is 25.5. The minimum atomic E-state index is -0.256. The molecule has 36 heavy (non-hydrogen) atoms. The molecule has 2 N–H and O–H groups in total. The number of rotatable bonds is 12. The lowest BCUT2D eigenvalue weighted by molar-refractivity contribution is 0.0708. The number of carbonyl (C=O) groups is 2. The molecule has 0 saturated heterocycles. The van der Waals surface area contributed by atoms with Crippen LogP contribution in [0.15, 0.2) is 78.9 Å². The first-order valence-corrected chi connectivity index (χ1v) is 12.8. The van der Waals surface area contributed by atoms with Crippen LogP contribution in [-0.4, -0.2) is 42.5 Å². The Labute approximate surface area is 213 Å². The molecule has 6 heteroatoms. The third-order valence-electron chi connectivity index (χ3n) is 6.49. The molecule has 4 rings (SSSR count). The van der Waals surface area contributed by atoms with E-state index in [1.54, 1.807) is 0 Å².